The predicted molar refractivity (Wildman–Crippen MR) is 132 cm³/mol. The van der Waals surface area contributed by atoms with E-state index in [1.54, 1.807) is 13.1 Å². The van der Waals surface area contributed by atoms with Crippen LogP contribution in [0, 0.1) is 29.6 Å². The number of aromatic nitrogens is 3. The number of carbonyl (C=O) groups excluding carboxylic acids is 1. The Kier molecular flexibility index (Phi) is 9.60. The fourth-order valence-corrected chi connectivity index (χ4v) is 4.07. The van der Waals surface area contributed by atoms with Gasteiger partial charge in [-0.2, -0.15) is 10.2 Å². The lowest BCUT2D eigenvalue weighted by Gasteiger charge is -2.21. The van der Waals surface area contributed by atoms with Crippen molar-refractivity contribution < 1.29 is 9.90 Å². The van der Waals surface area contributed by atoms with Gasteiger partial charge in [-0.25, -0.2) is 4.98 Å². The molecule has 0 saturated heterocycles. The number of hydrogen-bond donors (Lipinski definition) is 4. The van der Waals surface area contributed by atoms with E-state index >= 15 is 0 Å². The number of aliphatic hydroxyl groups excluding tert-OH is 1. The first-order valence-electron chi connectivity index (χ1n) is 9.99. The van der Waals surface area contributed by atoms with Crippen LogP contribution >= 0.6 is 27.3 Å². The van der Waals surface area contributed by atoms with E-state index in [4.69, 9.17) is 6.42 Å². The molecule has 0 unspecified atom stereocenters. The van der Waals surface area contributed by atoms with Crippen molar-refractivity contribution in [3.63, 3.8) is 0 Å². The maximum Gasteiger partial charge on any atom is 0.270 e. The molecule has 4 N–H and O–H groups in total. The minimum atomic E-state index is -0.644. The van der Waals surface area contributed by atoms with Crippen LogP contribution in [0.1, 0.15) is 20.8 Å². The third-order valence-electron chi connectivity index (χ3n) is 4.53. The van der Waals surface area contributed by atoms with Crippen LogP contribution in [0.4, 0.5) is 11.8 Å². The standard InChI is InChI=1S/C21H24BrN7O3S/c1-5-7-24-18(31)13(8-23)20-29(6-2)19(32)16(33-20)10-26-21-25-9-14(22)17(28-21)27-15(11-30)12(3)4/h1,9-10,12,15,30H,6-7,11H2,2-4H3,(H,24,31)(H2,25,26,27,28)/b16-10+,20-13-/t15-/m0/s1. The zero-order chi connectivity index (χ0) is 24.5. The van der Waals surface area contributed by atoms with Crippen molar-refractivity contribution in [3.05, 3.63) is 30.2 Å². The number of anilines is 2. The monoisotopic (exact) mass is 533 g/mol. The third kappa shape index (κ3) is 6.42. The third-order valence-corrected chi connectivity index (χ3v) is 6.24. The lowest BCUT2D eigenvalue weighted by molar-refractivity contribution is -0.115. The molecule has 0 fully saturated rings. The molecule has 33 heavy (non-hydrogen) atoms. The van der Waals surface area contributed by atoms with Crippen molar-refractivity contribution in [2.24, 2.45) is 5.92 Å². The zero-order valence-corrected chi connectivity index (χ0v) is 20.7. The molecule has 0 bridgehead atoms. The van der Waals surface area contributed by atoms with Crippen molar-refractivity contribution >= 4 is 56.7 Å². The average Bonchev–Trinajstić information content (AvgIpc) is 3.11. The Hall–Kier alpha value is -3.19. The lowest BCUT2D eigenvalue weighted by atomic mass is 10.1. The number of nitrogens with zero attached hydrogens (tertiary/aromatic N) is 4. The van der Waals surface area contributed by atoms with Crippen LogP contribution in [-0.4, -0.2) is 44.7 Å². The van der Waals surface area contributed by atoms with Crippen molar-refractivity contribution in [1.29, 1.82) is 5.26 Å². The van der Waals surface area contributed by atoms with Gasteiger partial charge in [-0.3, -0.25) is 14.2 Å². The summed E-state index contributed by atoms with van der Waals surface area (Å²) >= 11 is 4.38. The molecule has 0 radical (unpaired) electrons. The van der Waals surface area contributed by atoms with Crippen molar-refractivity contribution in [1.82, 2.24) is 19.9 Å². The van der Waals surface area contributed by atoms with Gasteiger partial charge in [0.15, 0.2) is 5.57 Å². The van der Waals surface area contributed by atoms with Gasteiger partial charge < -0.3 is 21.1 Å². The number of rotatable bonds is 9. The van der Waals surface area contributed by atoms with E-state index < -0.39 is 5.91 Å². The molecule has 1 amide bonds. The Morgan fingerprint density at radius 1 is 1.48 bits per heavy atom. The quantitative estimate of drug-likeness (QED) is 0.334. The first kappa shape index (κ1) is 26.1. The van der Waals surface area contributed by atoms with Crippen LogP contribution in [-0.2, 0) is 11.3 Å². The molecule has 0 aliphatic heterocycles. The second kappa shape index (κ2) is 12.2. The summed E-state index contributed by atoms with van der Waals surface area (Å²) in [6.45, 7) is 5.87. The topological polar surface area (TPSA) is 145 Å². The fourth-order valence-electron chi connectivity index (χ4n) is 2.67. The second-order valence-electron chi connectivity index (χ2n) is 7.05. The molecule has 2 aromatic heterocycles. The van der Waals surface area contributed by atoms with Crippen LogP contribution in [0.15, 0.2) is 15.5 Å². The summed E-state index contributed by atoms with van der Waals surface area (Å²) in [5.74, 6) is 2.49. The summed E-state index contributed by atoms with van der Waals surface area (Å²) < 4.78 is 2.45. The molecule has 0 spiro atoms. The zero-order valence-electron chi connectivity index (χ0n) is 18.3. The highest BCUT2D eigenvalue weighted by molar-refractivity contribution is 9.10. The van der Waals surface area contributed by atoms with Gasteiger partial charge in [0.2, 0.25) is 5.95 Å². The van der Waals surface area contributed by atoms with E-state index in [0.29, 0.717) is 10.3 Å². The van der Waals surface area contributed by atoms with Crippen LogP contribution in [0.2, 0.25) is 0 Å². The Bertz CT molecular complexity index is 1270. The van der Waals surface area contributed by atoms with Gasteiger partial charge in [0, 0.05) is 18.9 Å². The summed E-state index contributed by atoms with van der Waals surface area (Å²) in [4.78, 5) is 33.6. The Labute approximate surface area is 203 Å². The Morgan fingerprint density at radius 2 is 2.21 bits per heavy atom. The molecule has 2 heterocycles. The van der Waals surface area contributed by atoms with Crippen molar-refractivity contribution in [3.8, 4) is 18.4 Å². The number of aliphatic hydroxyl groups is 1. The van der Waals surface area contributed by atoms with Gasteiger partial charge in [0.1, 0.15) is 21.1 Å². The van der Waals surface area contributed by atoms with E-state index in [1.165, 1.54) is 10.8 Å². The fraction of sp³-hybridized carbons (Fsp3) is 0.381. The molecule has 2 rings (SSSR count). The molecule has 12 heteroatoms. The van der Waals surface area contributed by atoms with E-state index in [1.807, 2.05) is 19.9 Å². The van der Waals surface area contributed by atoms with Crippen molar-refractivity contribution in [2.45, 2.75) is 33.4 Å². The molecule has 0 aliphatic carbocycles. The predicted octanol–water partition coefficient (Wildman–Crippen LogP) is 0.185. The lowest BCUT2D eigenvalue weighted by Crippen LogP contribution is -2.34. The van der Waals surface area contributed by atoms with E-state index in [-0.39, 0.29) is 57.9 Å². The van der Waals surface area contributed by atoms with Gasteiger partial charge in [-0.05, 0) is 28.8 Å². The maximum atomic E-state index is 12.8. The van der Waals surface area contributed by atoms with Crippen molar-refractivity contribution in [2.75, 3.05) is 23.8 Å². The average molecular weight is 534 g/mol. The maximum absolute atomic E-state index is 12.8. The van der Waals surface area contributed by atoms with Crippen LogP contribution in [0.25, 0.3) is 11.8 Å². The summed E-state index contributed by atoms with van der Waals surface area (Å²) in [6, 6.07) is 1.65. The summed E-state index contributed by atoms with van der Waals surface area (Å²) in [6.07, 6.45) is 8.12. The number of carbonyl (C=O) groups is 1. The molecule has 0 aromatic carbocycles. The number of nitrogens with one attached hydrogen (secondary N) is 3. The molecule has 0 saturated carbocycles. The first-order chi connectivity index (χ1) is 15.8. The number of nitriles is 1. The van der Waals surface area contributed by atoms with Gasteiger partial charge >= 0.3 is 0 Å². The van der Waals surface area contributed by atoms with E-state index in [9.17, 15) is 20.0 Å². The molecular weight excluding hydrogens is 510 g/mol. The van der Waals surface area contributed by atoms with Gasteiger partial charge in [-0.15, -0.1) is 17.8 Å². The Balaban J connectivity index is 2.46. The number of amides is 1. The molecular formula is C21H24BrN7O3S. The first-order valence-corrected chi connectivity index (χ1v) is 11.6. The van der Waals surface area contributed by atoms with Gasteiger partial charge in [0.25, 0.3) is 11.5 Å². The number of hydrogen-bond acceptors (Lipinski definition) is 9. The molecule has 10 nitrogen and oxygen atoms in total. The minimum absolute atomic E-state index is 0.0303. The highest BCUT2D eigenvalue weighted by atomic mass is 79.9. The number of thiazole rings is 1. The summed E-state index contributed by atoms with van der Waals surface area (Å²) in [5, 5.41) is 27.5. The largest absolute Gasteiger partial charge is 0.394 e. The smallest absolute Gasteiger partial charge is 0.270 e. The highest BCUT2D eigenvalue weighted by Crippen LogP contribution is 2.22. The Morgan fingerprint density at radius 3 is 2.79 bits per heavy atom. The van der Waals surface area contributed by atoms with Crippen LogP contribution in [0.5, 0.6) is 0 Å². The summed E-state index contributed by atoms with van der Waals surface area (Å²) in [7, 11) is 0. The van der Waals surface area contributed by atoms with Crippen LogP contribution in [0.3, 0.4) is 0 Å². The minimum Gasteiger partial charge on any atom is -0.394 e. The SMILES string of the molecule is C#CCNC(=O)/C(C#N)=c1\s/c(=C/Nc2ncc(Br)c(N[C@@H](CO)C(C)C)n2)c(=O)n1CC. The normalized spacial score (nSPS) is 13.2. The second-order valence-corrected chi connectivity index (χ2v) is 8.94. The van der Waals surface area contributed by atoms with Gasteiger partial charge in [0.05, 0.1) is 23.7 Å². The number of halogens is 1. The van der Waals surface area contributed by atoms with E-state index in [0.717, 1.165) is 11.3 Å². The van der Waals surface area contributed by atoms with Crippen LogP contribution < -0.4 is 30.7 Å². The molecule has 174 valence electrons. The van der Waals surface area contributed by atoms with E-state index in [2.05, 4.69) is 47.8 Å². The molecule has 2 aromatic rings. The summed E-state index contributed by atoms with van der Waals surface area (Å²) in [5.41, 5.74) is -0.554. The molecule has 1 atom stereocenters. The van der Waals surface area contributed by atoms with Gasteiger partial charge in [-0.1, -0.05) is 19.8 Å². The molecule has 0 aliphatic rings. The number of terminal acetylenes is 1. The highest BCUT2D eigenvalue weighted by Gasteiger charge is 2.16.